The number of nitrogens with zero attached hydrogens (tertiary/aromatic N) is 2. The average Bonchev–Trinajstić information content (AvgIpc) is 2.96. The third kappa shape index (κ3) is 4.48. The highest BCUT2D eigenvalue weighted by molar-refractivity contribution is 5.95. The maximum absolute atomic E-state index is 12.1. The summed E-state index contributed by atoms with van der Waals surface area (Å²) in [6.07, 6.45) is 2.99. The van der Waals surface area contributed by atoms with Gasteiger partial charge in [-0.3, -0.25) is 9.89 Å². The first kappa shape index (κ1) is 14.8. The Hall–Kier alpha value is -2.57. The maximum atomic E-state index is 12.1. The Labute approximate surface area is 122 Å². The van der Waals surface area contributed by atoms with Crippen LogP contribution in [0.25, 0.3) is 0 Å². The molecule has 1 amide bonds. The topological polar surface area (TPSA) is 106 Å². The number of nitrogens with two attached hydrogens (primary N) is 1. The Morgan fingerprint density at radius 2 is 2.29 bits per heavy atom. The minimum absolute atomic E-state index is 0.166. The summed E-state index contributed by atoms with van der Waals surface area (Å²) in [7, 11) is 0. The number of H-pyrrole nitrogens is 1. The molecule has 0 bridgehead atoms. The van der Waals surface area contributed by atoms with Crippen LogP contribution in [-0.4, -0.2) is 34.2 Å². The van der Waals surface area contributed by atoms with E-state index in [2.05, 4.69) is 20.5 Å². The van der Waals surface area contributed by atoms with Crippen molar-refractivity contribution in [2.45, 2.75) is 19.8 Å². The molecule has 0 atom stereocenters. The number of hydrogen-bond acceptors (Lipinski definition) is 5. The van der Waals surface area contributed by atoms with Crippen molar-refractivity contribution in [1.29, 1.82) is 0 Å². The second-order valence-electron chi connectivity index (χ2n) is 4.52. The summed E-state index contributed by atoms with van der Waals surface area (Å²) in [5.41, 5.74) is 6.77. The predicted octanol–water partition coefficient (Wildman–Crippen LogP) is 1.15. The third-order valence-corrected chi connectivity index (χ3v) is 2.84. The molecule has 7 heteroatoms. The summed E-state index contributed by atoms with van der Waals surface area (Å²) in [5, 5.41) is 9.39. The molecule has 2 rings (SSSR count). The largest absolute Gasteiger partial charge is 0.494 e. The van der Waals surface area contributed by atoms with Crippen molar-refractivity contribution in [3.05, 3.63) is 35.9 Å². The molecule has 0 aliphatic rings. The number of rotatable bonds is 7. The van der Waals surface area contributed by atoms with E-state index in [1.165, 1.54) is 6.33 Å². The highest BCUT2D eigenvalue weighted by Gasteiger charge is 2.08. The first-order valence-corrected chi connectivity index (χ1v) is 6.85. The number of ether oxygens (including phenoxy) is 1. The minimum Gasteiger partial charge on any atom is -0.494 e. The Morgan fingerprint density at radius 1 is 1.43 bits per heavy atom. The number of hydrogen-bond donors (Lipinski definition) is 3. The van der Waals surface area contributed by atoms with Crippen molar-refractivity contribution >= 4 is 11.6 Å². The molecular weight excluding hydrogens is 270 g/mol. The van der Waals surface area contributed by atoms with Crippen LogP contribution in [-0.2, 0) is 6.42 Å². The van der Waals surface area contributed by atoms with Gasteiger partial charge < -0.3 is 15.8 Å². The average molecular weight is 289 g/mol. The van der Waals surface area contributed by atoms with Gasteiger partial charge in [0.05, 0.1) is 6.61 Å². The lowest BCUT2D eigenvalue weighted by atomic mass is 10.1. The van der Waals surface area contributed by atoms with Gasteiger partial charge in [0.15, 0.2) is 0 Å². The highest BCUT2D eigenvalue weighted by atomic mass is 16.5. The number of anilines is 1. The standard InChI is InChI=1S/C14H19N5O2/c1-2-21-12-7-10(6-11(15)8-12)14(20)16-5-3-4-13-17-9-18-19-13/h6-9H,2-5,15H2,1H3,(H,16,20)(H,17,18,19). The monoisotopic (exact) mass is 289 g/mol. The van der Waals surface area contributed by atoms with E-state index in [4.69, 9.17) is 10.5 Å². The zero-order chi connectivity index (χ0) is 15.1. The molecule has 2 aromatic rings. The van der Waals surface area contributed by atoms with Crippen LogP contribution >= 0.6 is 0 Å². The molecule has 7 nitrogen and oxygen atoms in total. The number of nitrogen functional groups attached to an aromatic ring is 1. The van der Waals surface area contributed by atoms with Crippen molar-refractivity contribution < 1.29 is 9.53 Å². The Balaban J connectivity index is 1.85. The molecule has 1 heterocycles. The van der Waals surface area contributed by atoms with Gasteiger partial charge >= 0.3 is 0 Å². The van der Waals surface area contributed by atoms with Gasteiger partial charge in [-0.25, -0.2) is 4.98 Å². The molecule has 0 spiro atoms. The normalized spacial score (nSPS) is 10.3. The number of carbonyl (C=O) groups excluding carboxylic acids is 1. The summed E-state index contributed by atoms with van der Waals surface area (Å²) in [4.78, 5) is 16.1. The first-order chi connectivity index (χ1) is 10.2. The second-order valence-corrected chi connectivity index (χ2v) is 4.52. The number of benzene rings is 1. The summed E-state index contributed by atoms with van der Waals surface area (Å²) in [6.45, 7) is 2.96. The van der Waals surface area contributed by atoms with Gasteiger partial charge in [-0.15, -0.1) is 0 Å². The smallest absolute Gasteiger partial charge is 0.251 e. The molecule has 1 aromatic carbocycles. The lowest BCUT2D eigenvalue weighted by molar-refractivity contribution is 0.0952. The number of nitrogens with one attached hydrogen (secondary N) is 2. The van der Waals surface area contributed by atoms with Gasteiger partial charge in [-0.1, -0.05) is 0 Å². The zero-order valence-corrected chi connectivity index (χ0v) is 11.9. The maximum Gasteiger partial charge on any atom is 0.251 e. The summed E-state index contributed by atoms with van der Waals surface area (Å²) in [5.74, 6) is 1.25. The summed E-state index contributed by atoms with van der Waals surface area (Å²) in [6, 6.07) is 5.02. The van der Waals surface area contributed by atoms with E-state index in [0.29, 0.717) is 30.2 Å². The van der Waals surface area contributed by atoms with E-state index in [-0.39, 0.29) is 5.91 Å². The minimum atomic E-state index is -0.166. The van der Waals surface area contributed by atoms with E-state index in [1.54, 1.807) is 18.2 Å². The van der Waals surface area contributed by atoms with Gasteiger partial charge in [-0.2, -0.15) is 5.10 Å². The van der Waals surface area contributed by atoms with Crippen LogP contribution in [0.2, 0.25) is 0 Å². The number of aromatic nitrogens is 3. The fraction of sp³-hybridized carbons (Fsp3) is 0.357. The molecular formula is C14H19N5O2. The molecule has 1 aromatic heterocycles. The summed E-state index contributed by atoms with van der Waals surface area (Å²) >= 11 is 0. The van der Waals surface area contributed by atoms with Crippen LogP contribution < -0.4 is 15.8 Å². The predicted molar refractivity (Wildman–Crippen MR) is 79.1 cm³/mol. The van der Waals surface area contributed by atoms with E-state index < -0.39 is 0 Å². The van der Waals surface area contributed by atoms with Crippen LogP contribution in [0.3, 0.4) is 0 Å². The fourth-order valence-corrected chi connectivity index (χ4v) is 1.91. The van der Waals surface area contributed by atoms with Gasteiger partial charge in [0, 0.05) is 30.3 Å². The fourth-order valence-electron chi connectivity index (χ4n) is 1.91. The van der Waals surface area contributed by atoms with E-state index >= 15 is 0 Å². The van der Waals surface area contributed by atoms with E-state index in [9.17, 15) is 4.79 Å². The number of carbonyl (C=O) groups is 1. The van der Waals surface area contributed by atoms with Gasteiger partial charge in [0.1, 0.15) is 17.9 Å². The van der Waals surface area contributed by atoms with Crippen molar-refractivity contribution in [2.24, 2.45) is 0 Å². The van der Waals surface area contributed by atoms with Crippen molar-refractivity contribution in [1.82, 2.24) is 20.5 Å². The number of amides is 1. The molecule has 112 valence electrons. The second kappa shape index (κ2) is 7.28. The lowest BCUT2D eigenvalue weighted by Gasteiger charge is -2.08. The Morgan fingerprint density at radius 3 is 3.00 bits per heavy atom. The Kier molecular flexibility index (Phi) is 5.14. The van der Waals surface area contributed by atoms with Crippen LogP contribution in [0.15, 0.2) is 24.5 Å². The molecule has 21 heavy (non-hydrogen) atoms. The van der Waals surface area contributed by atoms with Crippen LogP contribution in [0.4, 0.5) is 5.69 Å². The molecule has 4 N–H and O–H groups in total. The first-order valence-electron chi connectivity index (χ1n) is 6.85. The molecule has 0 aliphatic heterocycles. The van der Waals surface area contributed by atoms with Gasteiger partial charge in [0.2, 0.25) is 0 Å². The summed E-state index contributed by atoms with van der Waals surface area (Å²) < 4.78 is 5.37. The van der Waals surface area contributed by atoms with Crippen LogP contribution in [0, 0.1) is 0 Å². The third-order valence-electron chi connectivity index (χ3n) is 2.84. The van der Waals surface area contributed by atoms with Crippen molar-refractivity contribution in [3.63, 3.8) is 0 Å². The van der Waals surface area contributed by atoms with Crippen LogP contribution in [0.5, 0.6) is 5.75 Å². The number of aromatic amines is 1. The quantitative estimate of drug-likeness (QED) is 0.523. The molecule has 0 unspecified atom stereocenters. The van der Waals surface area contributed by atoms with Gasteiger partial charge in [-0.05, 0) is 25.5 Å². The van der Waals surface area contributed by atoms with Crippen molar-refractivity contribution in [3.8, 4) is 5.75 Å². The Bertz CT molecular complexity index is 583. The number of aryl methyl sites for hydroxylation is 1. The van der Waals surface area contributed by atoms with E-state index in [1.807, 2.05) is 6.92 Å². The molecule has 0 saturated carbocycles. The zero-order valence-electron chi connectivity index (χ0n) is 11.9. The lowest BCUT2D eigenvalue weighted by Crippen LogP contribution is -2.25. The van der Waals surface area contributed by atoms with Crippen molar-refractivity contribution in [2.75, 3.05) is 18.9 Å². The van der Waals surface area contributed by atoms with Gasteiger partial charge in [0.25, 0.3) is 5.91 Å². The van der Waals surface area contributed by atoms with Crippen LogP contribution in [0.1, 0.15) is 29.5 Å². The van der Waals surface area contributed by atoms with E-state index in [0.717, 1.165) is 18.7 Å². The molecule has 0 aliphatic carbocycles. The SMILES string of the molecule is CCOc1cc(N)cc(C(=O)NCCCc2ncn[nH]2)c1. The molecule has 0 radical (unpaired) electrons. The molecule has 0 fully saturated rings. The molecule has 0 saturated heterocycles. The highest BCUT2D eigenvalue weighted by Crippen LogP contribution is 2.18.